The molecular formula is C30H22N2O4S3. The Morgan fingerprint density at radius 2 is 1.23 bits per heavy atom. The van der Waals surface area contributed by atoms with Gasteiger partial charge in [0.2, 0.25) is 0 Å². The summed E-state index contributed by atoms with van der Waals surface area (Å²) in [5, 5.41) is 19.2. The number of rotatable bonds is 9. The van der Waals surface area contributed by atoms with Crippen LogP contribution in [0.25, 0.3) is 25.6 Å². The molecule has 0 aliphatic heterocycles. The molecule has 0 aliphatic carbocycles. The maximum absolute atomic E-state index is 11.2. The number of methoxy groups -OCH3 is 2. The molecule has 0 fully saturated rings. The van der Waals surface area contributed by atoms with Crippen LogP contribution in [0.2, 0.25) is 0 Å². The molecule has 0 unspecified atom stereocenters. The van der Waals surface area contributed by atoms with Gasteiger partial charge in [0.25, 0.3) is 0 Å². The SMILES string of the molecule is COc1ccc(N(c2ccc(OC)cc2)c2ccc(-c3ccc(-c4ccc(/C=C(\C#N)C(=O)O)s4)s3)s2)cc1. The fraction of sp³-hybridized carbons (Fsp3) is 0.0667. The van der Waals surface area contributed by atoms with Gasteiger partial charge in [-0.15, -0.1) is 34.0 Å². The van der Waals surface area contributed by atoms with Gasteiger partial charge >= 0.3 is 5.97 Å². The normalized spacial score (nSPS) is 11.2. The Bertz CT molecular complexity index is 1620. The van der Waals surface area contributed by atoms with E-state index < -0.39 is 5.97 Å². The average molecular weight is 571 g/mol. The molecule has 2 aromatic carbocycles. The van der Waals surface area contributed by atoms with Crippen LogP contribution in [-0.2, 0) is 4.79 Å². The van der Waals surface area contributed by atoms with Crippen LogP contribution in [0, 0.1) is 11.3 Å². The number of nitriles is 1. The molecule has 0 bridgehead atoms. The van der Waals surface area contributed by atoms with E-state index >= 15 is 0 Å². The van der Waals surface area contributed by atoms with Crippen molar-refractivity contribution in [1.82, 2.24) is 0 Å². The maximum Gasteiger partial charge on any atom is 0.346 e. The molecule has 0 spiro atoms. The summed E-state index contributed by atoms with van der Waals surface area (Å²) in [5.74, 6) is 0.369. The van der Waals surface area contributed by atoms with Gasteiger partial charge in [-0.25, -0.2) is 4.79 Å². The van der Waals surface area contributed by atoms with E-state index in [9.17, 15) is 4.79 Å². The first kappa shape index (κ1) is 26.3. The molecule has 5 aromatic rings. The van der Waals surface area contributed by atoms with Gasteiger partial charge in [-0.2, -0.15) is 5.26 Å². The van der Waals surface area contributed by atoms with Gasteiger partial charge in [-0.05, 0) is 91.0 Å². The number of hydrogen-bond donors (Lipinski definition) is 1. The number of hydrogen-bond acceptors (Lipinski definition) is 8. The van der Waals surface area contributed by atoms with Crippen LogP contribution in [-0.4, -0.2) is 25.3 Å². The van der Waals surface area contributed by atoms with E-state index in [0.29, 0.717) is 0 Å². The van der Waals surface area contributed by atoms with Crippen molar-refractivity contribution in [3.63, 3.8) is 0 Å². The van der Waals surface area contributed by atoms with E-state index in [1.54, 1.807) is 43.0 Å². The van der Waals surface area contributed by atoms with Crippen LogP contribution in [0.3, 0.4) is 0 Å². The number of benzene rings is 2. The van der Waals surface area contributed by atoms with Crippen molar-refractivity contribution in [2.24, 2.45) is 0 Å². The van der Waals surface area contributed by atoms with Crippen LogP contribution in [0.15, 0.2) is 90.5 Å². The van der Waals surface area contributed by atoms with E-state index in [-0.39, 0.29) is 5.57 Å². The van der Waals surface area contributed by atoms with Crippen LogP contribution in [0.4, 0.5) is 16.4 Å². The molecule has 39 heavy (non-hydrogen) atoms. The molecule has 0 atom stereocenters. The summed E-state index contributed by atoms with van der Waals surface area (Å²) in [7, 11) is 3.31. The molecule has 0 amide bonds. The number of carbonyl (C=O) groups is 1. The van der Waals surface area contributed by atoms with Gasteiger partial charge in [0, 0.05) is 35.8 Å². The molecule has 9 heteroatoms. The summed E-state index contributed by atoms with van der Waals surface area (Å²) in [5.41, 5.74) is 1.75. The number of carboxylic acids is 1. The smallest absolute Gasteiger partial charge is 0.346 e. The highest BCUT2D eigenvalue weighted by molar-refractivity contribution is 7.27. The Hall–Kier alpha value is -4.36. The molecule has 0 aliphatic rings. The van der Waals surface area contributed by atoms with E-state index in [4.69, 9.17) is 19.8 Å². The number of anilines is 3. The van der Waals surface area contributed by atoms with E-state index in [1.807, 2.05) is 60.7 Å². The molecule has 5 rings (SSSR count). The van der Waals surface area contributed by atoms with Crippen LogP contribution < -0.4 is 14.4 Å². The molecule has 0 radical (unpaired) electrons. The number of carboxylic acid groups (broad SMARTS) is 1. The Kier molecular flexibility index (Phi) is 7.79. The lowest BCUT2D eigenvalue weighted by molar-refractivity contribution is -0.132. The molecule has 1 N–H and O–H groups in total. The molecule has 0 saturated carbocycles. The second-order valence-corrected chi connectivity index (χ2v) is 11.5. The van der Waals surface area contributed by atoms with E-state index in [1.165, 1.54) is 17.4 Å². The van der Waals surface area contributed by atoms with Gasteiger partial charge < -0.3 is 19.5 Å². The van der Waals surface area contributed by atoms with Crippen LogP contribution in [0.1, 0.15) is 4.88 Å². The van der Waals surface area contributed by atoms with Crippen molar-refractivity contribution in [1.29, 1.82) is 5.26 Å². The molecular weight excluding hydrogens is 549 g/mol. The predicted molar refractivity (Wildman–Crippen MR) is 160 cm³/mol. The minimum absolute atomic E-state index is 0.278. The molecule has 3 heterocycles. The zero-order valence-corrected chi connectivity index (χ0v) is 23.4. The Labute approximate surface area is 237 Å². The minimum atomic E-state index is -1.22. The van der Waals surface area contributed by atoms with Crippen LogP contribution in [0.5, 0.6) is 11.5 Å². The van der Waals surface area contributed by atoms with Crippen molar-refractivity contribution < 1.29 is 19.4 Å². The molecule has 0 saturated heterocycles. The van der Waals surface area contributed by atoms with Crippen molar-refractivity contribution in [2.75, 3.05) is 19.1 Å². The fourth-order valence-electron chi connectivity index (χ4n) is 3.90. The highest BCUT2D eigenvalue weighted by atomic mass is 32.1. The number of aliphatic carboxylic acids is 1. The Balaban J connectivity index is 1.45. The molecule has 3 aromatic heterocycles. The monoisotopic (exact) mass is 570 g/mol. The quantitative estimate of drug-likeness (QED) is 0.141. The van der Waals surface area contributed by atoms with Crippen molar-refractivity contribution in [3.05, 3.63) is 95.4 Å². The fourth-order valence-corrected chi connectivity index (χ4v) is 7.08. The second-order valence-electron chi connectivity index (χ2n) is 8.21. The summed E-state index contributed by atoms with van der Waals surface area (Å²) in [6, 6.07) is 29.9. The third-order valence-electron chi connectivity index (χ3n) is 5.83. The topological polar surface area (TPSA) is 82.8 Å². The average Bonchev–Trinajstić information content (AvgIpc) is 3.73. The Morgan fingerprint density at radius 1 is 0.744 bits per heavy atom. The van der Waals surface area contributed by atoms with Gasteiger partial charge in [0.15, 0.2) is 0 Å². The number of thiophene rings is 3. The zero-order chi connectivity index (χ0) is 27.4. The summed E-state index contributed by atoms with van der Waals surface area (Å²) < 4.78 is 10.7. The first-order valence-electron chi connectivity index (χ1n) is 11.7. The largest absolute Gasteiger partial charge is 0.497 e. The van der Waals surface area contributed by atoms with Gasteiger partial charge in [-0.1, -0.05) is 0 Å². The highest BCUT2D eigenvalue weighted by Crippen LogP contribution is 2.45. The summed E-state index contributed by atoms with van der Waals surface area (Å²) in [6.07, 6.45) is 1.41. The first-order valence-corrected chi connectivity index (χ1v) is 14.2. The van der Waals surface area contributed by atoms with Crippen molar-refractivity contribution >= 4 is 62.4 Å². The number of ether oxygens (including phenoxy) is 2. The molecule has 194 valence electrons. The van der Waals surface area contributed by atoms with Gasteiger partial charge in [0.1, 0.15) is 28.1 Å². The van der Waals surface area contributed by atoms with Crippen molar-refractivity contribution in [2.45, 2.75) is 0 Å². The Morgan fingerprint density at radius 3 is 1.74 bits per heavy atom. The zero-order valence-electron chi connectivity index (χ0n) is 21.0. The standard InChI is InChI=1S/C30H22N2O4S3/c1-35-22-7-3-20(4-8-22)32(21-5-9-23(36-2)10-6-21)29-16-15-28(39-29)27-14-13-26(38-27)25-12-11-24(37-25)17-19(18-31)30(33)34/h3-17H,1-2H3,(H,33,34)/b19-17+. The van der Waals surface area contributed by atoms with Crippen LogP contribution >= 0.6 is 34.0 Å². The van der Waals surface area contributed by atoms with Gasteiger partial charge in [0.05, 0.1) is 14.2 Å². The number of nitrogens with zero attached hydrogens (tertiary/aromatic N) is 2. The molecule has 6 nitrogen and oxygen atoms in total. The predicted octanol–water partition coefficient (Wildman–Crippen LogP) is 8.68. The third-order valence-corrected chi connectivity index (χ3v) is 9.41. The van der Waals surface area contributed by atoms with E-state index in [0.717, 1.165) is 52.3 Å². The summed E-state index contributed by atoms with van der Waals surface area (Å²) in [6.45, 7) is 0. The minimum Gasteiger partial charge on any atom is -0.497 e. The summed E-state index contributed by atoms with van der Waals surface area (Å²) >= 11 is 4.84. The second kappa shape index (κ2) is 11.6. The van der Waals surface area contributed by atoms with E-state index in [2.05, 4.69) is 29.2 Å². The lowest BCUT2D eigenvalue weighted by Gasteiger charge is -2.24. The lowest BCUT2D eigenvalue weighted by Crippen LogP contribution is -2.08. The maximum atomic E-state index is 11.2. The first-order chi connectivity index (χ1) is 19.0. The highest BCUT2D eigenvalue weighted by Gasteiger charge is 2.17. The van der Waals surface area contributed by atoms with Crippen molar-refractivity contribution in [3.8, 4) is 37.1 Å². The lowest BCUT2D eigenvalue weighted by atomic mass is 10.2. The summed E-state index contributed by atoms with van der Waals surface area (Å²) in [4.78, 5) is 18.5. The van der Waals surface area contributed by atoms with Gasteiger partial charge in [-0.3, -0.25) is 0 Å². The third kappa shape index (κ3) is 5.73.